The van der Waals surface area contributed by atoms with Crippen LogP contribution in [0.5, 0.6) is 5.75 Å². The molecule has 0 unspecified atom stereocenters. The van der Waals surface area contributed by atoms with E-state index in [4.69, 9.17) is 9.15 Å². The topological polar surface area (TPSA) is 155 Å². The summed E-state index contributed by atoms with van der Waals surface area (Å²) in [6.45, 7) is 0. The summed E-state index contributed by atoms with van der Waals surface area (Å²) < 4.78 is 10.1. The van der Waals surface area contributed by atoms with E-state index in [9.17, 15) is 29.8 Å². The Morgan fingerprint density at radius 2 is 1.56 bits per heavy atom. The monoisotopic (exact) mass is 461 g/mol. The first-order valence-electron chi connectivity index (χ1n) is 9.74. The summed E-state index contributed by atoms with van der Waals surface area (Å²) in [5.74, 6) is -1.18. The lowest BCUT2D eigenvalue weighted by Crippen LogP contribution is -2.13. The fraction of sp³-hybridized carbons (Fsp3) is 0.0435. The van der Waals surface area contributed by atoms with E-state index in [0.717, 1.165) is 24.6 Å². The number of hydrogen-bond acceptors (Lipinski definition) is 8. The van der Waals surface area contributed by atoms with Crippen LogP contribution >= 0.6 is 0 Å². The average Bonchev–Trinajstić information content (AvgIpc) is 2.83. The minimum atomic E-state index is -0.842. The van der Waals surface area contributed by atoms with E-state index in [1.807, 2.05) is 6.07 Å². The van der Waals surface area contributed by atoms with Gasteiger partial charge in [-0.15, -0.1) is 0 Å². The maximum absolute atomic E-state index is 12.7. The van der Waals surface area contributed by atoms with Crippen LogP contribution in [0.3, 0.4) is 0 Å². The number of rotatable bonds is 6. The van der Waals surface area contributed by atoms with Crippen molar-refractivity contribution in [1.82, 2.24) is 0 Å². The SMILES string of the molecule is COc1c([N+](=O)[O-])cc(NC(=O)c2ccc(-c3cc4ccccc4oc3=O)cc2)cc1[N+](=O)[O-]. The maximum atomic E-state index is 12.7. The summed E-state index contributed by atoms with van der Waals surface area (Å²) >= 11 is 0. The molecule has 0 fully saturated rings. The highest BCUT2D eigenvalue weighted by Gasteiger charge is 2.28. The number of ether oxygens (including phenoxy) is 1. The largest absolute Gasteiger partial charge is 0.485 e. The van der Waals surface area contributed by atoms with Crippen molar-refractivity contribution in [2.45, 2.75) is 0 Å². The highest BCUT2D eigenvalue weighted by molar-refractivity contribution is 6.05. The highest BCUT2D eigenvalue weighted by Crippen LogP contribution is 2.39. The van der Waals surface area contributed by atoms with Gasteiger partial charge in [-0.3, -0.25) is 25.0 Å². The second-order valence-electron chi connectivity index (χ2n) is 7.08. The van der Waals surface area contributed by atoms with Gasteiger partial charge in [0, 0.05) is 23.1 Å². The number of carbonyl (C=O) groups excluding carboxylic acids is 1. The number of fused-ring (bicyclic) bond motifs is 1. The van der Waals surface area contributed by atoms with Gasteiger partial charge >= 0.3 is 17.0 Å². The minimum Gasteiger partial charge on any atom is -0.485 e. The molecule has 1 N–H and O–H groups in total. The standard InChI is InChI=1S/C23H15N3O8/c1-33-21-18(25(29)30)11-16(12-19(21)26(31)32)24-22(27)14-8-6-13(7-9-14)17-10-15-4-2-3-5-20(15)34-23(17)28/h2-12H,1H3,(H,24,27). The van der Waals surface area contributed by atoms with E-state index in [2.05, 4.69) is 5.32 Å². The van der Waals surface area contributed by atoms with Crippen molar-refractivity contribution in [3.8, 4) is 16.9 Å². The maximum Gasteiger partial charge on any atom is 0.344 e. The molecular weight excluding hydrogens is 446 g/mol. The zero-order valence-electron chi connectivity index (χ0n) is 17.5. The molecule has 1 heterocycles. The number of nitro benzene ring substituents is 2. The highest BCUT2D eigenvalue weighted by atomic mass is 16.6. The third kappa shape index (κ3) is 4.17. The Hall–Kier alpha value is -5.06. The molecule has 0 saturated carbocycles. The van der Waals surface area contributed by atoms with Crippen molar-refractivity contribution >= 4 is 33.9 Å². The third-order valence-electron chi connectivity index (χ3n) is 5.00. The number of amides is 1. The second-order valence-corrected chi connectivity index (χ2v) is 7.08. The van der Waals surface area contributed by atoms with E-state index >= 15 is 0 Å². The van der Waals surface area contributed by atoms with Crippen LogP contribution < -0.4 is 15.7 Å². The molecular formula is C23H15N3O8. The van der Waals surface area contributed by atoms with E-state index in [0.29, 0.717) is 16.7 Å². The van der Waals surface area contributed by atoms with Gasteiger partial charge in [0.15, 0.2) is 0 Å². The second kappa shape index (κ2) is 8.82. The lowest BCUT2D eigenvalue weighted by Gasteiger charge is -2.09. The lowest BCUT2D eigenvalue weighted by atomic mass is 10.0. The number of anilines is 1. The Bertz CT molecular complexity index is 1470. The van der Waals surface area contributed by atoms with E-state index in [1.54, 1.807) is 36.4 Å². The van der Waals surface area contributed by atoms with Crippen LogP contribution in [0.4, 0.5) is 17.1 Å². The van der Waals surface area contributed by atoms with Crippen LogP contribution in [-0.4, -0.2) is 22.9 Å². The summed E-state index contributed by atoms with van der Waals surface area (Å²) in [6, 6.07) is 16.7. The number of nitrogens with one attached hydrogen (secondary N) is 1. The summed E-state index contributed by atoms with van der Waals surface area (Å²) in [6.07, 6.45) is 0. The quantitative estimate of drug-likeness (QED) is 0.249. The van der Waals surface area contributed by atoms with Crippen LogP contribution in [0.1, 0.15) is 10.4 Å². The zero-order chi connectivity index (χ0) is 24.4. The van der Waals surface area contributed by atoms with Crippen LogP contribution in [0.25, 0.3) is 22.1 Å². The van der Waals surface area contributed by atoms with Gasteiger partial charge in [-0.05, 0) is 29.8 Å². The Labute approximate surface area is 190 Å². The van der Waals surface area contributed by atoms with Crippen LogP contribution in [0.15, 0.2) is 75.9 Å². The van der Waals surface area contributed by atoms with E-state index in [-0.39, 0.29) is 11.3 Å². The van der Waals surface area contributed by atoms with Gasteiger partial charge in [-0.25, -0.2) is 4.79 Å². The molecule has 4 aromatic rings. The summed E-state index contributed by atoms with van der Waals surface area (Å²) in [7, 11) is 1.07. The Morgan fingerprint density at radius 1 is 0.941 bits per heavy atom. The first-order chi connectivity index (χ1) is 16.3. The predicted molar refractivity (Wildman–Crippen MR) is 122 cm³/mol. The molecule has 0 radical (unpaired) electrons. The molecule has 0 spiro atoms. The lowest BCUT2D eigenvalue weighted by molar-refractivity contribution is -0.395. The normalized spacial score (nSPS) is 10.6. The molecule has 170 valence electrons. The van der Waals surface area contributed by atoms with Crippen molar-refractivity contribution in [2.75, 3.05) is 12.4 Å². The molecule has 0 atom stereocenters. The van der Waals surface area contributed by atoms with Crippen molar-refractivity contribution < 1.29 is 23.8 Å². The summed E-state index contributed by atoms with van der Waals surface area (Å²) in [5.41, 5.74) is -0.559. The molecule has 0 aliphatic rings. The number of nitrogens with zero attached hydrogens (tertiary/aromatic N) is 2. The molecule has 11 nitrogen and oxygen atoms in total. The molecule has 0 saturated heterocycles. The Kier molecular flexibility index (Phi) is 5.75. The molecule has 0 bridgehead atoms. The first-order valence-corrected chi connectivity index (χ1v) is 9.74. The van der Waals surface area contributed by atoms with Gasteiger partial charge in [0.2, 0.25) is 0 Å². The molecule has 1 amide bonds. The van der Waals surface area contributed by atoms with Gasteiger partial charge in [-0.1, -0.05) is 30.3 Å². The van der Waals surface area contributed by atoms with Crippen molar-refractivity contribution in [2.24, 2.45) is 0 Å². The molecule has 0 aliphatic carbocycles. The van der Waals surface area contributed by atoms with Crippen LogP contribution in [0, 0.1) is 20.2 Å². The van der Waals surface area contributed by atoms with Gasteiger partial charge in [-0.2, -0.15) is 0 Å². The smallest absolute Gasteiger partial charge is 0.344 e. The molecule has 11 heteroatoms. The fourth-order valence-electron chi connectivity index (χ4n) is 3.42. The van der Waals surface area contributed by atoms with Gasteiger partial charge in [0.05, 0.1) is 28.2 Å². The number of nitro groups is 2. The number of hydrogen-bond donors (Lipinski definition) is 1. The number of methoxy groups -OCH3 is 1. The molecule has 3 aromatic carbocycles. The number of carbonyl (C=O) groups is 1. The summed E-state index contributed by atoms with van der Waals surface area (Å²) in [5, 5.41) is 25.8. The molecule has 0 aliphatic heterocycles. The number of para-hydroxylation sites is 1. The van der Waals surface area contributed by atoms with E-state index < -0.39 is 38.5 Å². The molecule has 1 aromatic heterocycles. The molecule has 34 heavy (non-hydrogen) atoms. The third-order valence-corrected chi connectivity index (χ3v) is 5.00. The van der Waals surface area contributed by atoms with Crippen LogP contribution in [-0.2, 0) is 0 Å². The minimum absolute atomic E-state index is 0.150. The van der Waals surface area contributed by atoms with Gasteiger partial charge < -0.3 is 14.5 Å². The van der Waals surface area contributed by atoms with Crippen molar-refractivity contribution in [3.63, 3.8) is 0 Å². The Balaban J connectivity index is 1.63. The van der Waals surface area contributed by atoms with E-state index in [1.165, 1.54) is 12.1 Å². The summed E-state index contributed by atoms with van der Waals surface area (Å²) in [4.78, 5) is 45.9. The zero-order valence-corrected chi connectivity index (χ0v) is 17.5. The Morgan fingerprint density at radius 3 is 2.15 bits per heavy atom. The van der Waals surface area contributed by atoms with Gasteiger partial charge in [0.25, 0.3) is 11.7 Å². The van der Waals surface area contributed by atoms with Crippen molar-refractivity contribution in [1.29, 1.82) is 0 Å². The fourth-order valence-corrected chi connectivity index (χ4v) is 3.42. The number of benzene rings is 3. The van der Waals surface area contributed by atoms with Crippen molar-refractivity contribution in [3.05, 3.63) is 103 Å². The average molecular weight is 461 g/mol. The predicted octanol–water partition coefficient (Wildman–Crippen LogP) is 4.54. The van der Waals surface area contributed by atoms with Gasteiger partial charge in [0.1, 0.15) is 5.58 Å². The van der Waals surface area contributed by atoms with Crippen LogP contribution in [0.2, 0.25) is 0 Å². The first kappa shape index (κ1) is 22.1. The molecule has 4 rings (SSSR count).